The fourth-order valence-electron chi connectivity index (χ4n) is 2.18. The maximum absolute atomic E-state index is 12.0. The van der Waals surface area contributed by atoms with Gasteiger partial charge in [0.1, 0.15) is 11.9 Å². The van der Waals surface area contributed by atoms with Crippen LogP contribution in [0.15, 0.2) is 18.2 Å². The van der Waals surface area contributed by atoms with Crippen LogP contribution in [0.3, 0.4) is 0 Å². The SMILES string of the molecule is CCOC(=O)C(C)n1c(CCCl)nc2ccc(Cl)cc21. The van der Waals surface area contributed by atoms with Gasteiger partial charge in [-0.25, -0.2) is 9.78 Å². The van der Waals surface area contributed by atoms with Crippen molar-refractivity contribution in [3.63, 3.8) is 0 Å². The molecule has 0 amide bonds. The Kier molecular flexibility index (Phi) is 4.89. The fourth-order valence-corrected chi connectivity index (χ4v) is 2.51. The molecule has 20 heavy (non-hydrogen) atoms. The summed E-state index contributed by atoms with van der Waals surface area (Å²) in [7, 11) is 0. The first-order valence-corrected chi connectivity index (χ1v) is 7.38. The van der Waals surface area contributed by atoms with Crippen LogP contribution in [0.25, 0.3) is 11.0 Å². The van der Waals surface area contributed by atoms with Gasteiger partial charge >= 0.3 is 5.97 Å². The highest BCUT2D eigenvalue weighted by atomic mass is 35.5. The van der Waals surface area contributed by atoms with Crippen molar-refractivity contribution in [2.24, 2.45) is 0 Å². The number of hydrogen-bond donors (Lipinski definition) is 0. The molecule has 2 rings (SSSR count). The summed E-state index contributed by atoms with van der Waals surface area (Å²) in [5.74, 6) is 0.910. The van der Waals surface area contributed by atoms with Crippen molar-refractivity contribution in [1.82, 2.24) is 9.55 Å². The first-order valence-electron chi connectivity index (χ1n) is 6.47. The second-order valence-electron chi connectivity index (χ2n) is 4.40. The molecular weight excluding hydrogens is 299 g/mol. The Morgan fingerprint density at radius 2 is 2.25 bits per heavy atom. The van der Waals surface area contributed by atoms with Gasteiger partial charge in [-0.3, -0.25) is 0 Å². The summed E-state index contributed by atoms with van der Waals surface area (Å²) < 4.78 is 6.94. The quantitative estimate of drug-likeness (QED) is 0.625. The van der Waals surface area contributed by atoms with Crippen LogP contribution in [0.1, 0.15) is 25.7 Å². The number of benzene rings is 1. The van der Waals surface area contributed by atoms with Gasteiger partial charge < -0.3 is 9.30 Å². The van der Waals surface area contributed by atoms with Crippen molar-refractivity contribution in [2.45, 2.75) is 26.3 Å². The van der Waals surface area contributed by atoms with E-state index in [-0.39, 0.29) is 5.97 Å². The molecule has 1 aromatic carbocycles. The lowest BCUT2D eigenvalue weighted by atomic mass is 10.2. The van der Waals surface area contributed by atoms with Crippen molar-refractivity contribution in [3.8, 4) is 0 Å². The van der Waals surface area contributed by atoms with Crippen LogP contribution >= 0.6 is 23.2 Å². The normalized spacial score (nSPS) is 12.6. The van der Waals surface area contributed by atoms with Gasteiger partial charge in [-0.15, -0.1) is 11.6 Å². The summed E-state index contributed by atoms with van der Waals surface area (Å²) in [6.07, 6.45) is 0.581. The lowest BCUT2D eigenvalue weighted by Crippen LogP contribution is -2.21. The molecular formula is C14H16Cl2N2O2. The number of fused-ring (bicyclic) bond motifs is 1. The zero-order chi connectivity index (χ0) is 14.7. The number of imidazole rings is 1. The number of aryl methyl sites for hydroxylation is 1. The summed E-state index contributed by atoms with van der Waals surface area (Å²) in [5, 5.41) is 0.604. The number of alkyl halides is 1. The van der Waals surface area contributed by atoms with E-state index in [1.807, 2.05) is 10.6 Å². The van der Waals surface area contributed by atoms with Gasteiger partial charge in [0.05, 0.1) is 17.6 Å². The fraction of sp³-hybridized carbons (Fsp3) is 0.429. The molecule has 0 saturated carbocycles. The van der Waals surface area contributed by atoms with Crippen LogP contribution in [-0.2, 0) is 16.0 Å². The van der Waals surface area contributed by atoms with Crippen LogP contribution in [0.4, 0.5) is 0 Å². The van der Waals surface area contributed by atoms with E-state index < -0.39 is 6.04 Å². The first kappa shape index (κ1) is 15.1. The van der Waals surface area contributed by atoms with E-state index in [1.54, 1.807) is 26.0 Å². The van der Waals surface area contributed by atoms with Gasteiger partial charge in [-0.2, -0.15) is 0 Å². The highest BCUT2D eigenvalue weighted by Gasteiger charge is 2.22. The summed E-state index contributed by atoms with van der Waals surface area (Å²) in [6.45, 7) is 3.92. The number of carbonyl (C=O) groups is 1. The van der Waals surface area contributed by atoms with Crippen LogP contribution in [-0.4, -0.2) is 28.0 Å². The molecule has 0 aliphatic carbocycles. The van der Waals surface area contributed by atoms with E-state index in [1.165, 1.54) is 0 Å². The smallest absolute Gasteiger partial charge is 0.328 e. The van der Waals surface area contributed by atoms with E-state index in [0.717, 1.165) is 16.9 Å². The van der Waals surface area contributed by atoms with Gasteiger partial charge in [0.2, 0.25) is 0 Å². The summed E-state index contributed by atoms with van der Waals surface area (Å²) in [4.78, 5) is 16.5. The van der Waals surface area contributed by atoms with Crippen LogP contribution in [0.2, 0.25) is 5.02 Å². The summed E-state index contributed by atoms with van der Waals surface area (Å²) >= 11 is 11.9. The Labute approximate surface area is 127 Å². The number of carbonyl (C=O) groups excluding carboxylic acids is 1. The highest BCUT2D eigenvalue weighted by Crippen LogP contribution is 2.25. The Balaban J connectivity index is 2.55. The molecule has 1 heterocycles. The molecule has 0 bridgehead atoms. The third-order valence-corrected chi connectivity index (χ3v) is 3.48. The zero-order valence-corrected chi connectivity index (χ0v) is 12.9. The zero-order valence-electron chi connectivity index (χ0n) is 11.4. The molecule has 6 heteroatoms. The Bertz CT molecular complexity index is 625. The maximum atomic E-state index is 12.0. The van der Waals surface area contributed by atoms with Crippen molar-refractivity contribution in [2.75, 3.05) is 12.5 Å². The number of nitrogens with zero attached hydrogens (tertiary/aromatic N) is 2. The minimum Gasteiger partial charge on any atom is -0.464 e. The number of rotatable bonds is 5. The molecule has 1 aromatic heterocycles. The van der Waals surface area contributed by atoms with Crippen molar-refractivity contribution >= 4 is 40.2 Å². The number of aromatic nitrogens is 2. The molecule has 1 atom stereocenters. The van der Waals surface area contributed by atoms with Crippen LogP contribution in [0, 0.1) is 0 Å². The molecule has 0 spiro atoms. The molecule has 0 aliphatic heterocycles. The largest absolute Gasteiger partial charge is 0.464 e. The summed E-state index contributed by atoms with van der Waals surface area (Å²) in [5.41, 5.74) is 1.61. The van der Waals surface area contributed by atoms with Crippen molar-refractivity contribution in [1.29, 1.82) is 0 Å². The molecule has 2 aromatic rings. The van der Waals surface area contributed by atoms with Gasteiger partial charge in [-0.1, -0.05) is 11.6 Å². The maximum Gasteiger partial charge on any atom is 0.328 e. The van der Waals surface area contributed by atoms with Gasteiger partial charge in [0.25, 0.3) is 0 Å². The highest BCUT2D eigenvalue weighted by molar-refractivity contribution is 6.31. The second kappa shape index (κ2) is 6.46. The van der Waals surface area contributed by atoms with E-state index in [2.05, 4.69) is 4.98 Å². The van der Waals surface area contributed by atoms with E-state index in [4.69, 9.17) is 27.9 Å². The van der Waals surface area contributed by atoms with Crippen molar-refractivity contribution in [3.05, 3.63) is 29.0 Å². The lowest BCUT2D eigenvalue weighted by molar-refractivity contribution is -0.146. The third kappa shape index (κ3) is 2.91. The van der Waals surface area contributed by atoms with Gasteiger partial charge in [0, 0.05) is 17.3 Å². The molecule has 108 valence electrons. The van der Waals surface area contributed by atoms with E-state index in [0.29, 0.717) is 23.9 Å². The van der Waals surface area contributed by atoms with Gasteiger partial charge in [-0.05, 0) is 32.0 Å². The molecule has 4 nitrogen and oxygen atoms in total. The third-order valence-electron chi connectivity index (χ3n) is 3.06. The lowest BCUT2D eigenvalue weighted by Gasteiger charge is -2.16. The Morgan fingerprint density at radius 3 is 2.90 bits per heavy atom. The molecule has 0 radical (unpaired) electrons. The molecule has 0 N–H and O–H groups in total. The van der Waals surface area contributed by atoms with E-state index >= 15 is 0 Å². The van der Waals surface area contributed by atoms with Crippen LogP contribution < -0.4 is 0 Å². The average molecular weight is 315 g/mol. The number of hydrogen-bond acceptors (Lipinski definition) is 3. The minimum atomic E-state index is -0.461. The Hall–Kier alpha value is -1.26. The van der Waals surface area contributed by atoms with Gasteiger partial charge in [0.15, 0.2) is 0 Å². The first-order chi connectivity index (χ1) is 9.58. The van der Waals surface area contributed by atoms with E-state index in [9.17, 15) is 4.79 Å². The topological polar surface area (TPSA) is 44.1 Å². The average Bonchev–Trinajstić information content (AvgIpc) is 2.76. The monoisotopic (exact) mass is 314 g/mol. The molecule has 1 unspecified atom stereocenters. The predicted molar refractivity (Wildman–Crippen MR) is 80.5 cm³/mol. The predicted octanol–water partition coefficient (Wildman–Crippen LogP) is 3.60. The number of ether oxygens (including phenoxy) is 1. The summed E-state index contributed by atoms with van der Waals surface area (Å²) in [6, 6.07) is 4.96. The molecule has 0 aliphatic rings. The molecule has 0 fully saturated rings. The standard InChI is InChI=1S/C14H16Cl2N2O2/c1-3-20-14(19)9(2)18-12-8-10(16)4-5-11(12)17-13(18)6-7-15/h4-5,8-9H,3,6-7H2,1-2H3. The molecule has 0 saturated heterocycles. The Morgan fingerprint density at radius 1 is 1.50 bits per heavy atom. The van der Waals surface area contributed by atoms with Crippen molar-refractivity contribution < 1.29 is 9.53 Å². The van der Waals surface area contributed by atoms with Crippen LogP contribution in [0.5, 0.6) is 0 Å². The number of halogens is 2. The number of esters is 1. The minimum absolute atomic E-state index is 0.289. The second-order valence-corrected chi connectivity index (χ2v) is 5.21.